The minimum absolute atomic E-state index is 0.157. The summed E-state index contributed by atoms with van der Waals surface area (Å²) in [5, 5.41) is 12.7. The normalized spacial score (nSPS) is 15.3. The van der Waals surface area contributed by atoms with Crippen molar-refractivity contribution in [1.29, 1.82) is 0 Å². The molecule has 1 aromatic carbocycles. The lowest BCUT2D eigenvalue weighted by Gasteiger charge is -2.18. The van der Waals surface area contributed by atoms with Crippen LogP contribution in [0.2, 0.25) is 0 Å². The molecule has 3 heterocycles. The Hall–Kier alpha value is -3.00. The van der Waals surface area contributed by atoms with Crippen LogP contribution in [0.4, 0.5) is 0 Å². The first-order valence-corrected chi connectivity index (χ1v) is 11.6. The van der Waals surface area contributed by atoms with E-state index in [1.807, 2.05) is 51.1 Å². The van der Waals surface area contributed by atoms with Gasteiger partial charge in [0.1, 0.15) is 11.6 Å². The molecule has 0 spiro atoms. The molecule has 8 nitrogen and oxygen atoms in total. The monoisotopic (exact) mass is 436 g/mol. The molecule has 0 bridgehead atoms. The van der Waals surface area contributed by atoms with Gasteiger partial charge in [0.05, 0.1) is 22.5 Å². The minimum atomic E-state index is -0.642. The second kappa shape index (κ2) is 9.65. The van der Waals surface area contributed by atoms with Crippen molar-refractivity contribution >= 4 is 16.8 Å². The Morgan fingerprint density at radius 1 is 1.12 bits per heavy atom. The first-order valence-electron chi connectivity index (χ1n) is 11.6. The number of hydrogen-bond acceptors (Lipinski definition) is 5. The van der Waals surface area contributed by atoms with Crippen LogP contribution in [0.5, 0.6) is 0 Å². The highest BCUT2D eigenvalue weighted by molar-refractivity contribution is 5.84. The van der Waals surface area contributed by atoms with Crippen LogP contribution >= 0.6 is 0 Å². The van der Waals surface area contributed by atoms with Gasteiger partial charge in [0, 0.05) is 6.54 Å². The van der Waals surface area contributed by atoms with E-state index in [1.54, 1.807) is 4.68 Å². The fourth-order valence-corrected chi connectivity index (χ4v) is 4.52. The second-order valence-corrected chi connectivity index (χ2v) is 8.51. The molecule has 0 radical (unpaired) electrons. The highest BCUT2D eigenvalue weighted by atomic mass is 16.2. The number of nitrogens with one attached hydrogen (secondary N) is 1. The van der Waals surface area contributed by atoms with E-state index in [1.165, 1.54) is 17.5 Å². The van der Waals surface area contributed by atoms with E-state index in [0.29, 0.717) is 29.6 Å². The Balaban J connectivity index is 1.58. The predicted molar refractivity (Wildman–Crippen MR) is 125 cm³/mol. The summed E-state index contributed by atoms with van der Waals surface area (Å²) in [6.07, 6.45) is 3.93. The molecule has 32 heavy (non-hydrogen) atoms. The van der Waals surface area contributed by atoms with E-state index in [9.17, 15) is 9.59 Å². The summed E-state index contributed by atoms with van der Waals surface area (Å²) in [5.41, 5.74) is 2.57. The van der Waals surface area contributed by atoms with Crippen LogP contribution in [0, 0.1) is 13.8 Å². The first-order chi connectivity index (χ1) is 15.5. The van der Waals surface area contributed by atoms with Crippen LogP contribution < -0.4 is 10.9 Å². The summed E-state index contributed by atoms with van der Waals surface area (Å²) < 4.78 is 3.11. The van der Waals surface area contributed by atoms with E-state index in [2.05, 4.69) is 20.4 Å². The maximum Gasteiger partial charge on any atom is 0.278 e. The van der Waals surface area contributed by atoms with Crippen LogP contribution in [0.3, 0.4) is 0 Å². The molecule has 4 rings (SSSR count). The van der Waals surface area contributed by atoms with Gasteiger partial charge in [0.2, 0.25) is 5.91 Å². The zero-order valence-corrected chi connectivity index (χ0v) is 19.2. The fourth-order valence-electron chi connectivity index (χ4n) is 4.52. The summed E-state index contributed by atoms with van der Waals surface area (Å²) in [5.74, 6) is -0.157. The van der Waals surface area contributed by atoms with Crippen molar-refractivity contribution in [1.82, 2.24) is 29.8 Å². The predicted octanol–water partition coefficient (Wildman–Crippen LogP) is 2.75. The van der Waals surface area contributed by atoms with Crippen LogP contribution in [-0.4, -0.2) is 56.5 Å². The van der Waals surface area contributed by atoms with Gasteiger partial charge < -0.3 is 10.2 Å². The highest BCUT2D eigenvalue weighted by Crippen LogP contribution is 2.21. The standard InChI is InChI=1S/C24H32N6O2/c1-4-20(23(31)25-13-10-16-28-14-8-9-15-28)30-24(32)21-18(3)29(19-11-6-5-7-12-19)27-22(21)17(2)26-30/h5-7,11-12,20H,4,8-10,13-16H2,1-3H3,(H,25,31)/t20-/m1/s1. The van der Waals surface area contributed by atoms with Crippen molar-refractivity contribution in [3.63, 3.8) is 0 Å². The topological polar surface area (TPSA) is 85.1 Å². The van der Waals surface area contributed by atoms with Crippen molar-refractivity contribution in [3.05, 3.63) is 52.1 Å². The molecule has 0 aliphatic carbocycles. The van der Waals surface area contributed by atoms with E-state index in [-0.39, 0.29) is 11.5 Å². The van der Waals surface area contributed by atoms with E-state index >= 15 is 0 Å². The molecule has 2 aromatic heterocycles. The zero-order valence-electron chi connectivity index (χ0n) is 19.2. The van der Waals surface area contributed by atoms with Gasteiger partial charge in [0.25, 0.3) is 5.56 Å². The minimum Gasteiger partial charge on any atom is -0.354 e. The van der Waals surface area contributed by atoms with Gasteiger partial charge in [0.15, 0.2) is 0 Å². The maximum atomic E-state index is 13.4. The molecular formula is C24H32N6O2. The largest absolute Gasteiger partial charge is 0.354 e. The lowest BCUT2D eigenvalue weighted by Crippen LogP contribution is -2.39. The van der Waals surface area contributed by atoms with Crippen LogP contribution in [-0.2, 0) is 4.79 Å². The average Bonchev–Trinajstić information content (AvgIpc) is 3.44. The van der Waals surface area contributed by atoms with E-state index in [4.69, 9.17) is 0 Å². The van der Waals surface area contributed by atoms with Gasteiger partial charge in [-0.15, -0.1) is 0 Å². The number of rotatable bonds is 8. The Bertz CT molecular complexity index is 1140. The Morgan fingerprint density at radius 2 is 1.84 bits per heavy atom. The van der Waals surface area contributed by atoms with Crippen LogP contribution in [0.1, 0.15) is 50.0 Å². The summed E-state index contributed by atoms with van der Waals surface area (Å²) in [4.78, 5) is 28.8. The second-order valence-electron chi connectivity index (χ2n) is 8.51. The number of carbonyl (C=O) groups excluding carboxylic acids is 1. The van der Waals surface area contributed by atoms with Crippen molar-refractivity contribution in [3.8, 4) is 5.69 Å². The number of aryl methyl sites for hydroxylation is 2. The van der Waals surface area contributed by atoms with Crippen molar-refractivity contribution in [2.45, 2.75) is 52.5 Å². The highest BCUT2D eigenvalue weighted by Gasteiger charge is 2.25. The summed E-state index contributed by atoms with van der Waals surface area (Å²) in [6, 6.07) is 9.07. The SMILES string of the molecule is CC[C@H](C(=O)NCCCN1CCCC1)n1nc(C)c2nn(-c3ccccc3)c(C)c2c1=O. The van der Waals surface area contributed by atoms with Gasteiger partial charge in [-0.25, -0.2) is 9.36 Å². The molecule has 1 N–H and O–H groups in total. The molecule has 1 saturated heterocycles. The third-order valence-corrected chi connectivity index (χ3v) is 6.27. The van der Waals surface area contributed by atoms with Gasteiger partial charge in [-0.3, -0.25) is 9.59 Å². The molecule has 0 unspecified atom stereocenters. The molecule has 3 aromatic rings. The van der Waals surface area contributed by atoms with Gasteiger partial charge in [-0.05, 0) is 71.3 Å². The number of fused-ring (bicyclic) bond motifs is 1. The molecule has 1 atom stereocenters. The van der Waals surface area contributed by atoms with Crippen LogP contribution in [0.15, 0.2) is 35.1 Å². The van der Waals surface area contributed by atoms with Gasteiger partial charge >= 0.3 is 0 Å². The quantitative estimate of drug-likeness (QED) is 0.549. The Morgan fingerprint density at radius 3 is 2.53 bits per heavy atom. The Kier molecular flexibility index (Phi) is 6.69. The van der Waals surface area contributed by atoms with Crippen molar-refractivity contribution in [2.75, 3.05) is 26.2 Å². The zero-order chi connectivity index (χ0) is 22.7. The molecule has 1 fully saturated rings. The number of amides is 1. The number of hydrogen-bond donors (Lipinski definition) is 1. The maximum absolute atomic E-state index is 13.4. The number of carbonyl (C=O) groups is 1. The number of benzene rings is 1. The van der Waals surface area contributed by atoms with Gasteiger partial charge in [-0.2, -0.15) is 10.2 Å². The lowest BCUT2D eigenvalue weighted by molar-refractivity contribution is -0.124. The lowest BCUT2D eigenvalue weighted by atomic mass is 10.2. The summed E-state index contributed by atoms with van der Waals surface area (Å²) in [6.45, 7) is 9.53. The molecule has 1 amide bonds. The summed E-state index contributed by atoms with van der Waals surface area (Å²) in [7, 11) is 0. The molecule has 0 saturated carbocycles. The molecule has 1 aliphatic heterocycles. The first kappa shape index (κ1) is 22.2. The number of aromatic nitrogens is 4. The van der Waals surface area contributed by atoms with E-state index < -0.39 is 6.04 Å². The third-order valence-electron chi connectivity index (χ3n) is 6.27. The number of nitrogens with zero attached hydrogens (tertiary/aromatic N) is 5. The average molecular weight is 437 g/mol. The Labute approximate surface area is 188 Å². The van der Waals surface area contributed by atoms with E-state index in [0.717, 1.165) is 37.4 Å². The molecule has 8 heteroatoms. The van der Waals surface area contributed by atoms with Crippen LogP contribution in [0.25, 0.3) is 16.6 Å². The third kappa shape index (κ3) is 4.32. The molecular weight excluding hydrogens is 404 g/mol. The fraction of sp³-hybridized carbons (Fsp3) is 0.500. The molecule has 170 valence electrons. The number of para-hydroxylation sites is 1. The number of likely N-dealkylation sites (tertiary alicyclic amines) is 1. The summed E-state index contributed by atoms with van der Waals surface area (Å²) >= 11 is 0. The van der Waals surface area contributed by atoms with Crippen molar-refractivity contribution < 1.29 is 4.79 Å². The van der Waals surface area contributed by atoms with Gasteiger partial charge in [-0.1, -0.05) is 25.1 Å². The van der Waals surface area contributed by atoms with Crippen molar-refractivity contribution in [2.24, 2.45) is 0 Å². The smallest absolute Gasteiger partial charge is 0.278 e. The molecule has 1 aliphatic rings.